The lowest BCUT2D eigenvalue weighted by Crippen LogP contribution is -2.44. The largest absolute Gasteiger partial charge is 0.489 e. The van der Waals surface area contributed by atoms with Crippen molar-refractivity contribution in [3.05, 3.63) is 54.0 Å². The van der Waals surface area contributed by atoms with Crippen LogP contribution in [0.5, 0.6) is 5.75 Å². The van der Waals surface area contributed by atoms with Gasteiger partial charge < -0.3 is 25.2 Å². The molecule has 0 amide bonds. The minimum atomic E-state index is -0.299. The van der Waals surface area contributed by atoms with Crippen LogP contribution in [0.1, 0.15) is 25.8 Å². The Kier molecular flexibility index (Phi) is 11.7. The number of aliphatic imine (C=N–C) groups is 1. The van der Waals surface area contributed by atoms with E-state index in [0.29, 0.717) is 18.8 Å². The van der Waals surface area contributed by atoms with Crippen LogP contribution in [-0.2, 0) is 6.54 Å². The number of likely N-dealkylation sites (N-methyl/N-ethyl adjacent to an activating group) is 1. The van der Waals surface area contributed by atoms with E-state index in [4.69, 9.17) is 4.74 Å². The van der Waals surface area contributed by atoms with E-state index in [0.717, 1.165) is 56.5 Å². The maximum Gasteiger partial charge on any atom is 0.191 e. The van der Waals surface area contributed by atoms with Crippen molar-refractivity contribution < 1.29 is 9.13 Å². The van der Waals surface area contributed by atoms with Gasteiger partial charge in [0.1, 0.15) is 23.5 Å². The first-order valence-electron chi connectivity index (χ1n) is 11.4. The number of halogens is 2. The van der Waals surface area contributed by atoms with Crippen LogP contribution in [0.15, 0.2) is 47.6 Å². The lowest BCUT2D eigenvalue weighted by Gasteiger charge is -2.33. The topological polar surface area (TPSA) is 65.0 Å². The predicted molar refractivity (Wildman–Crippen MR) is 143 cm³/mol. The van der Waals surface area contributed by atoms with Gasteiger partial charge in [-0.1, -0.05) is 19.1 Å². The van der Waals surface area contributed by atoms with Crippen LogP contribution < -0.4 is 20.3 Å². The highest BCUT2D eigenvalue weighted by atomic mass is 127. The number of aromatic nitrogens is 1. The monoisotopic (exact) mass is 570 g/mol. The van der Waals surface area contributed by atoms with Crippen molar-refractivity contribution in [2.24, 2.45) is 4.99 Å². The number of hydrogen-bond acceptors (Lipinski definition) is 5. The van der Waals surface area contributed by atoms with Gasteiger partial charge in [0.25, 0.3) is 0 Å². The number of rotatable bonds is 9. The summed E-state index contributed by atoms with van der Waals surface area (Å²) in [6, 6.07) is 10.4. The summed E-state index contributed by atoms with van der Waals surface area (Å²) in [4.78, 5) is 14.0. The average Bonchev–Trinajstić information content (AvgIpc) is 2.81. The van der Waals surface area contributed by atoms with E-state index >= 15 is 0 Å². The van der Waals surface area contributed by atoms with Gasteiger partial charge in [-0.15, -0.1) is 24.0 Å². The third kappa shape index (κ3) is 8.96. The van der Waals surface area contributed by atoms with E-state index in [2.05, 4.69) is 49.6 Å². The van der Waals surface area contributed by atoms with Gasteiger partial charge in [0, 0.05) is 45.0 Å². The molecule has 3 rings (SSSR count). The summed E-state index contributed by atoms with van der Waals surface area (Å²) in [6.07, 6.45) is 2.61. The van der Waals surface area contributed by atoms with Gasteiger partial charge in [0.05, 0.1) is 13.1 Å². The number of nitrogens with zero attached hydrogens (tertiary/aromatic N) is 4. The molecule has 1 saturated heterocycles. The summed E-state index contributed by atoms with van der Waals surface area (Å²) in [5, 5.41) is 6.59. The Morgan fingerprint density at radius 3 is 2.58 bits per heavy atom. The summed E-state index contributed by atoms with van der Waals surface area (Å²) in [7, 11) is 2.15. The fraction of sp³-hybridized carbons (Fsp3) is 0.500. The minimum Gasteiger partial charge on any atom is -0.489 e. The van der Waals surface area contributed by atoms with Crippen LogP contribution in [0.3, 0.4) is 0 Å². The van der Waals surface area contributed by atoms with Crippen LogP contribution >= 0.6 is 24.0 Å². The molecular formula is C24H36FIN6O. The number of hydrogen-bond donors (Lipinski definition) is 2. The van der Waals surface area contributed by atoms with E-state index in [9.17, 15) is 4.39 Å². The van der Waals surface area contributed by atoms with Gasteiger partial charge in [0.15, 0.2) is 5.96 Å². The van der Waals surface area contributed by atoms with E-state index < -0.39 is 0 Å². The summed E-state index contributed by atoms with van der Waals surface area (Å²) >= 11 is 0. The Balaban J connectivity index is 0.00000385. The molecule has 1 fully saturated rings. The Morgan fingerprint density at radius 1 is 1.15 bits per heavy atom. The molecule has 33 heavy (non-hydrogen) atoms. The molecule has 0 spiro atoms. The van der Waals surface area contributed by atoms with Crippen LogP contribution in [0.25, 0.3) is 0 Å². The third-order valence-corrected chi connectivity index (χ3v) is 5.45. The van der Waals surface area contributed by atoms with Gasteiger partial charge in [-0.3, -0.25) is 0 Å². The highest BCUT2D eigenvalue weighted by Gasteiger charge is 2.15. The molecular weight excluding hydrogens is 534 g/mol. The molecule has 1 atom stereocenters. The van der Waals surface area contributed by atoms with Gasteiger partial charge in [-0.2, -0.15) is 0 Å². The van der Waals surface area contributed by atoms with Crippen molar-refractivity contribution >= 4 is 35.8 Å². The second-order valence-corrected chi connectivity index (χ2v) is 8.00. The molecule has 0 radical (unpaired) electrons. The lowest BCUT2D eigenvalue weighted by molar-refractivity contribution is 0.198. The number of pyridine rings is 1. The van der Waals surface area contributed by atoms with Crippen molar-refractivity contribution in [3.63, 3.8) is 0 Å². The predicted octanol–water partition coefficient (Wildman–Crippen LogP) is 3.50. The molecule has 0 saturated carbocycles. The van der Waals surface area contributed by atoms with Crippen LogP contribution in [-0.4, -0.2) is 68.3 Å². The molecule has 2 heterocycles. The first kappa shape index (κ1) is 27.1. The first-order chi connectivity index (χ1) is 15.6. The number of benzene rings is 1. The van der Waals surface area contributed by atoms with Crippen LogP contribution in [0.2, 0.25) is 0 Å². The smallest absolute Gasteiger partial charge is 0.191 e. The van der Waals surface area contributed by atoms with Gasteiger partial charge in [-0.25, -0.2) is 14.4 Å². The van der Waals surface area contributed by atoms with Crippen molar-refractivity contribution in [1.82, 2.24) is 20.5 Å². The standard InChI is InChI=1S/C24H35FN6O.HI/c1-4-21(32-22-8-6-7-20(25)15-22)18-29-24(26-5-2)28-17-19-9-10-23(27-16-19)31-13-11-30(3)12-14-31;/h6-10,15-16,21H,4-5,11-14,17-18H2,1-3H3,(H2,26,28,29);1H. The van der Waals surface area contributed by atoms with E-state index in [-0.39, 0.29) is 35.9 Å². The Labute approximate surface area is 213 Å². The molecule has 0 aliphatic carbocycles. The molecule has 7 nitrogen and oxygen atoms in total. The summed E-state index contributed by atoms with van der Waals surface area (Å²) < 4.78 is 19.3. The van der Waals surface area contributed by atoms with Crippen LogP contribution in [0.4, 0.5) is 10.2 Å². The minimum absolute atomic E-state index is 0. The maximum atomic E-state index is 13.4. The van der Waals surface area contributed by atoms with E-state index in [1.807, 2.05) is 20.0 Å². The number of piperazine rings is 1. The zero-order chi connectivity index (χ0) is 22.8. The number of anilines is 1. The zero-order valence-corrected chi connectivity index (χ0v) is 22.1. The second kappa shape index (κ2) is 14.2. The summed E-state index contributed by atoms with van der Waals surface area (Å²) in [5.41, 5.74) is 1.06. The number of ether oxygens (including phenoxy) is 1. The molecule has 1 aliphatic rings. The van der Waals surface area contributed by atoms with Crippen molar-refractivity contribution in [2.75, 3.05) is 51.2 Å². The molecule has 9 heteroatoms. The second-order valence-electron chi connectivity index (χ2n) is 8.00. The first-order valence-corrected chi connectivity index (χ1v) is 11.4. The zero-order valence-electron chi connectivity index (χ0n) is 19.8. The van der Waals surface area contributed by atoms with Crippen molar-refractivity contribution in [2.45, 2.75) is 32.9 Å². The summed E-state index contributed by atoms with van der Waals surface area (Å²) in [5.74, 6) is 1.98. The Bertz CT molecular complexity index is 858. The molecule has 182 valence electrons. The number of guanidine groups is 1. The normalized spacial score (nSPS) is 15.5. The van der Waals surface area contributed by atoms with Crippen molar-refractivity contribution in [3.8, 4) is 5.75 Å². The van der Waals surface area contributed by atoms with Gasteiger partial charge in [0.2, 0.25) is 0 Å². The third-order valence-electron chi connectivity index (χ3n) is 5.45. The molecule has 1 unspecified atom stereocenters. The fourth-order valence-electron chi connectivity index (χ4n) is 3.46. The van der Waals surface area contributed by atoms with Crippen molar-refractivity contribution in [1.29, 1.82) is 0 Å². The van der Waals surface area contributed by atoms with Gasteiger partial charge in [-0.05, 0) is 44.2 Å². The van der Waals surface area contributed by atoms with E-state index in [1.54, 1.807) is 12.1 Å². The SMILES string of the molecule is CCNC(=NCc1ccc(N2CCN(C)CC2)nc1)NCC(CC)Oc1cccc(F)c1.I. The fourth-order valence-corrected chi connectivity index (χ4v) is 3.46. The highest BCUT2D eigenvalue weighted by molar-refractivity contribution is 14.0. The highest BCUT2D eigenvalue weighted by Crippen LogP contribution is 2.15. The molecule has 2 N–H and O–H groups in total. The Morgan fingerprint density at radius 2 is 1.94 bits per heavy atom. The summed E-state index contributed by atoms with van der Waals surface area (Å²) in [6.45, 7) is 10.1. The molecule has 0 bridgehead atoms. The average molecular weight is 570 g/mol. The van der Waals surface area contributed by atoms with Gasteiger partial charge >= 0.3 is 0 Å². The number of nitrogens with one attached hydrogen (secondary N) is 2. The lowest BCUT2D eigenvalue weighted by atomic mass is 10.2. The molecule has 1 aromatic heterocycles. The quantitative estimate of drug-likeness (QED) is 0.274. The molecule has 1 aliphatic heterocycles. The molecule has 1 aromatic carbocycles. The Hall–Kier alpha value is -2.14. The molecule has 2 aromatic rings. The van der Waals surface area contributed by atoms with E-state index in [1.165, 1.54) is 12.1 Å². The van der Waals surface area contributed by atoms with Crippen LogP contribution in [0, 0.1) is 5.82 Å². The maximum absolute atomic E-state index is 13.4.